The highest BCUT2D eigenvalue weighted by atomic mass is 35.5. The van der Waals surface area contributed by atoms with Crippen molar-refractivity contribution in [1.29, 1.82) is 0 Å². The van der Waals surface area contributed by atoms with Gasteiger partial charge in [0.25, 0.3) is 5.91 Å². The number of hydrogen-bond acceptors (Lipinski definition) is 4. The lowest BCUT2D eigenvalue weighted by Gasteiger charge is -2.11. The first kappa shape index (κ1) is 17.2. The lowest BCUT2D eigenvalue weighted by Crippen LogP contribution is -2.25. The summed E-state index contributed by atoms with van der Waals surface area (Å²) in [4.78, 5) is 20.8. The van der Waals surface area contributed by atoms with E-state index in [0.29, 0.717) is 23.2 Å². The third kappa shape index (κ3) is 4.93. The number of halogens is 1. The average Bonchev–Trinajstić information content (AvgIpc) is 2.50. The number of nitrogens with zero attached hydrogens (tertiary/aromatic N) is 2. The summed E-state index contributed by atoms with van der Waals surface area (Å²) in [5, 5.41) is 6.62. The first-order valence-electron chi connectivity index (χ1n) is 7.66. The van der Waals surface area contributed by atoms with E-state index in [1.807, 2.05) is 32.0 Å². The number of carbonyl (C=O) groups is 1. The summed E-state index contributed by atoms with van der Waals surface area (Å²) in [5.74, 6) is 0.200. The molecule has 1 amide bonds. The fourth-order valence-corrected chi connectivity index (χ4v) is 2.23. The zero-order valence-corrected chi connectivity index (χ0v) is 14.4. The van der Waals surface area contributed by atoms with Gasteiger partial charge in [-0.2, -0.15) is 0 Å². The van der Waals surface area contributed by atoms with Crippen molar-refractivity contribution in [2.45, 2.75) is 33.6 Å². The molecule has 2 rings (SSSR count). The van der Waals surface area contributed by atoms with Crippen LogP contribution in [0.25, 0.3) is 0 Å². The van der Waals surface area contributed by atoms with E-state index in [1.165, 1.54) is 0 Å². The first-order chi connectivity index (χ1) is 11.0. The molecule has 0 aliphatic carbocycles. The Morgan fingerprint density at radius 1 is 1.22 bits per heavy atom. The van der Waals surface area contributed by atoms with Gasteiger partial charge in [-0.15, -0.1) is 0 Å². The van der Waals surface area contributed by atoms with Crippen LogP contribution in [-0.4, -0.2) is 22.4 Å². The van der Waals surface area contributed by atoms with Gasteiger partial charge in [-0.05, 0) is 44.0 Å². The monoisotopic (exact) mass is 332 g/mol. The number of carbonyl (C=O) groups excluding carboxylic acids is 1. The van der Waals surface area contributed by atoms with Crippen molar-refractivity contribution in [2.75, 3.05) is 11.9 Å². The molecule has 0 unspecified atom stereocenters. The molecule has 0 saturated heterocycles. The molecule has 2 aromatic rings. The second kappa shape index (κ2) is 7.92. The fourth-order valence-electron chi connectivity index (χ4n) is 2.06. The molecule has 0 aliphatic rings. The minimum absolute atomic E-state index is 0.185. The van der Waals surface area contributed by atoms with Gasteiger partial charge < -0.3 is 10.6 Å². The zero-order chi connectivity index (χ0) is 16.8. The molecule has 0 spiro atoms. The Bertz CT molecular complexity index is 703. The second-order valence-corrected chi connectivity index (χ2v) is 5.85. The van der Waals surface area contributed by atoms with Crippen LogP contribution in [0.1, 0.15) is 41.5 Å². The lowest BCUT2D eigenvalue weighted by atomic mass is 10.2. The third-order valence-electron chi connectivity index (χ3n) is 3.35. The van der Waals surface area contributed by atoms with Crippen LogP contribution in [0.3, 0.4) is 0 Å². The van der Waals surface area contributed by atoms with E-state index in [0.717, 1.165) is 29.8 Å². The zero-order valence-electron chi connectivity index (χ0n) is 13.6. The smallest absolute Gasteiger partial charge is 0.270 e. The minimum Gasteiger partial charge on any atom is -0.351 e. The van der Waals surface area contributed by atoms with Crippen molar-refractivity contribution < 1.29 is 4.79 Å². The number of nitrogens with one attached hydrogen (secondary N) is 2. The van der Waals surface area contributed by atoms with Gasteiger partial charge in [0.1, 0.15) is 5.69 Å². The summed E-state index contributed by atoms with van der Waals surface area (Å²) in [5.41, 5.74) is 2.92. The Morgan fingerprint density at radius 2 is 2.00 bits per heavy atom. The quantitative estimate of drug-likeness (QED) is 0.784. The number of aromatic nitrogens is 2. The molecule has 1 aromatic carbocycles. The van der Waals surface area contributed by atoms with Crippen molar-refractivity contribution in [3.8, 4) is 0 Å². The molecule has 122 valence electrons. The molecule has 2 N–H and O–H groups in total. The molecule has 5 nitrogen and oxygen atoms in total. The van der Waals surface area contributed by atoms with E-state index in [-0.39, 0.29) is 5.91 Å². The molecule has 6 heteroatoms. The van der Waals surface area contributed by atoms with Crippen LogP contribution in [0.15, 0.2) is 24.3 Å². The Balaban J connectivity index is 2.20. The summed E-state index contributed by atoms with van der Waals surface area (Å²) in [6.45, 7) is 6.53. The number of amides is 1. The maximum absolute atomic E-state index is 12.1. The molecular formula is C17H21ClN4O. The largest absolute Gasteiger partial charge is 0.351 e. The van der Waals surface area contributed by atoms with Crippen LogP contribution >= 0.6 is 11.6 Å². The predicted octanol–water partition coefficient (Wildman–Crippen LogP) is 4.02. The summed E-state index contributed by atoms with van der Waals surface area (Å²) >= 11 is 6.02. The van der Waals surface area contributed by atoms with Gasteiger partial charge in [0, 0.05) is 22.9 Å². The van der Waals surface area contributed by atoms with E-state index in [9.17, 15) is 4.79 Å². The number of benzene rings is 1. The van der Waals surface area contributed by atoms with Crippen molar-refractivity contribution in [3.05, 3.63) is 46.2 Å². The van der Waals surface area contributed by atoms with Crippen molar-refractivity contribution in [2.24, 2.45) is 0 Å². The molecular weight excluding hydrogens is 312 g/mol. The van der Waals surface area contributed by atoms with E-state index in [4.69, 9.17) is 11.6 Å². The standard InChI is InChI=1S/C17H21ClN4O/c1-4-5-8-19-16(23)15-9-12(3)20-17(22-15)21-14-10-13(18)7-6-11(14)2/h6-7,9-10H,4-5,8H2,1-3H3,(H,19,23)(H,20,21,22). The van der Waals surface area contributed by atoms with Gasteiger partial charge in [-0.3, -0.25) is 4.79 Å². The van der Waals surface area contributed by atoms with Crippen molar-refractivity contribution >= 4 is 29.1 Å². The highest BCUT2D eigenvalue weighted by molar-refractivity contribution is 6.30. The van der Waals surface area contributed by atoms with Gasteiger partial charge in [-0.25, -0.2) is 9.97 Å². The van der Waals surface area contributed by atoms with Crippen LogP contribution in [-0.2, 0) is 0 Å². The van der Waals surface area contributed by atoms with Crippen molar-refractivity contribution in [3.63, 3.8) is 0 Å². The molecule has 0 radical (unpaired) electrons. The van der Waals surface area contributed by atoms with Crippen LogP contribution in [0, 0.1) is 13.8 Å². The number of anilines is 2. The summed E-state index contributed by atoms with van der Waals surface area (Å²) in [6.07, 6.45) is 1.98. The Morgan fingerprint density at radius 3 is 2.74 bits per heavy atom. The Kier molecular flexibility index (Phi) is 5.93. The minimum atomic E-state index is -0.185. The molecule has 0 bridgehead atoms. The molecule has 0 saturated carbocycles. The number of rotatable bonds is 6. The van der Waals surface area contributed by atoms with Gasteiger partial charge in [0.15, 0.2) is 0 Å². The fraction of sp³-hybridized carbons (Fsp3) is 0.353. The number of unbranched alkanes of at least 4 members (excludes halogenated alkanes) is 1. The summed E-state index contributed by atoms with van der Waals surface area (Å²) in [6, 6.07) is 7.23. The maximum Gasteiger partial charge on any atom is 0.270 e. The molecule has 1 aromatic heterocycles. The predicted molar refractivity (Wildman–Crippen MR) is 93.5 cm³/mol. The van der Waals surface area contributed by atoms with E-state index in [1.54, 1.807) is 6.07 Å². The molecule has 0 aliphatic heterocycles. The average molecular weight is 333 g/mol. The summed E-state index contributed by atoms with van der Waals surface area (Å²) in [7, 11) is 0. The van der Waals surface area contributed by atoms with E-state index in [2.05, 4.69) is 27.5 Å². The Hall–Kier alpha value is -2.14. The van der Waals surface area contributed by atoms with Crippen LogP contribution in [0.4, 0.5) is 11.6 Å². The topological polar surface area (TPSA) is 66.9 Å². The molecule has 0 atom stereocenters. The maximum atomic E-state index is 12.1. The SMILES string of the molecule is CCCCNC(=O)c1cc(C)nc(Nc2cc(Cl)ccc2C)n1. The number of aryl methyl sites for hydroxylation is 2. The van der Waals surface area contributed by atoms with E-state index >= 15 is 0 Å². The lowest BCUT2D eigenvalue weighted by molar-refractivity contribution is 0.0948. The van der Waals surface area contributed by atoms with Crippen LogP contribution in [0.2, 0.25) is 5.02 Å². The van der Waals surface area contributed by atoms with E-state index < -0.39 is 0 Å². The number of hydrogen-bond donors (Lipinski definition) is 2. The second-order valence-electron chi connectivity index (χ2n) is 5.41. The van der Waals surface area contributed by atoms with Gasteiger partial charge in [0.05, 0.1) is 0 Å². The van der Waals surface area contributed by atoms with Gasteiger partial charge in [0.2, 0.25) is 5.95 Å². The van der Waals surface area contributed by atoms with Crippen LogP contribution in [0.5, 0.6) is 0 Å². The van der Waals surface area contributed by atoms with Crippen molar-refractivity contribution in [1.82, 2.24) is 15.3 Å². The van der Waals surface area contributed by atoms with Gasteiger partial charge in [-0.1, -0.05) is 31.0 Å². The molecule has 1 heterocycles. The van der Waals surface area contributed by atoms with Crippen LogP contribution < -0.4 is 10.6 Å². The normalized spacial score (nSPS) is 10.4. The third-order valence-corrected chi connectivity index (χ3v) is 3.58. The summed E-state index contributed by atoms with van der Waals surface area (Å²) < 4.78 is 0. The molecule has 0 fully saturated rings. The first-order valence-corrected chi connectivity index (χ1v) is 8.04. The molecule has 23 heavy (non-hydrogen) atoms. The van der Waals surface area contributed by atoms with Gasteiger partial charge >= 0.3 is 0 Å². The highest BCUT2D eigenvalue weighted by Gasteiger charge is 2.11. The highest BCUT2D eigenvalue weighted by Crippen LogP contribution is 2.22. The Labute approximate surface area is 141 Å².